The van der Waals surface area contributed by atoms with Crippen molar-refractivity contribution in [2.45, 2.75) is 24.7 Å². The number of nitrogens with one attached hydrogen (secondary N) is 1. The van der Waals surface area contributed by atoms with E-state index in [1.807, 2.05) is 54.6 Å². The van der Waals surface area contributed by atoms with Crippen LogP contribution >= 0.6 is 0 Å². The lowest BCUT2D eigenvalue weighted by Crippen LogP contribution is -2.28. The molecule has 1 N–H and O–H groups in total. The Kier molecular flexibility index (Phi) is 5.59. The zero-order valence-electron chi connectivity index (χ0n) is 15.0. The lowest BCUT2D eigenvalue weighted by molar-refractivity contribution is 0.318. The van der Waals surface area contributed by atoms with Crippen molar-refractivity contribution in [3.63, 3.8) is 0 Å². The second-order valence-corrected chi connectivity index (χ2v) is 8.21. The number of ether oxygens (including phenoxy) is 1. The van der Waals surface area contributed by atoms with Gasteiger partial charge in [-0.15, -0.1) is 0 Å². The van der Waals surface area contributed by atoms with Crippen LogP contribution in [-0.2, 0) is 10.0 Å². The molecule has 0 aliphatic heterocycles. The van der Waals surface area contributed by atoms with Gasteiger partial charge in [0, 0.05) is 6.54 Å². The van der Waals surface area contributed by atoms with Gasteiger partial charge in [-0.3, -0.25) is 0 Å². The van der Waals surface area contributed by atoms with Crippen LogP contribution in [0, 0.1) is 0 Å². The molecule has 0 aliphatic carbocycles. The van der Waals surface area contributed by atoms with Gasteiger partial charge in [-0.25, -0.2) is 13.1 Å². The van der Waals surface area contributed by atoms with Gasteiger partial charge in [0.15, 0.2) is 0 Å². The highest BCUT2D eigenvalue weighted by Gasteiger charge is 2.14. The van der Waals surface area contributed by atoms with E-state index in [-0.39, 0.29) is 18.0 Å². The van der Waals surface area contributed by atoms with Crippen molar-refractivity contribution < 1.29 is 13.2 Å². The summed E-state index contributed by atoms with van der Waals surface area (Å²) in [5.74, 6) is 1.15. The number of hydrogen-bond acceptors (Lipinski definition) is 3. The predicted molar refractivity (Wildman–Crippen MR) is 105 cm³/mol. The third-order valence-electron chi connectivity index (χ3n) is 4.22. The van der Waals surface area contributed by atoms with E-state index in [9.17, 15) is 8.42 Å². The van der Waals surface area contributed by atoms with Crippen LogP contribution in [0.1, 0.15) is 25.3 Å². The zero-order valence-corrected chi connectivity index (χ0v) is 15.8. The predicted octanol–water partition coefficient (Wildman–Crippen LogP) is 4.32. The lowest BCUT2D eigenvalue weighted by atomic mass is 10.0. The first kappa shape index (κ1) is 18.4. The van der Waals surface area contributed by atoms with Gasteiger partial charge in [0.25, 0.3) is 0 Å². The Morgan fingerprint density at radius 3 is 2.38 bits per heavy atom. The van der Waals surface area contributed by atoms with Crippen molar-refractivity contribution in [1.82, 2.24) is 4.72 Å². The zero-order chi connectivity index (χ0) is 18.6. The van der Waals surface area contributed by atoms with Crippen LogP contribution in [0.3, 0.4) is 0 Å². The molecule has 0 bridgehead atoms. The molecule has 0 radical (unpaired) electrons. The normalized spacial score (nSPS) is 11.8. The van der Waals surface area contributed by atoms with Crippen molar-refractivity contribution >= 4 is 20.8 Å². The van der Waals surface area contributed by atoms with Gasteiger partial charge < -0.3 is 4.74 Å². The molecule has 5 heteroatoms. The number of sulfonamides is 1. The fourth-order valence-corrected chi connectivity index (χ4v) is 3.89. The second-order valence-electron chi connectivity index (χ2n) is 6.45. The molecule has 0 aliphatic rings. The van der Waals surface area contributed by atoms with Gasteiger partial charge in [0.05, 0.1) is 4.90 Å². The van der Waals surface area contributed by atoms with Crippen LogP contribution in [-0.4, -0.2) is 21.6 Å². The quantitative estimate of drug-likeness (QED) is 0.631. The molecule has 0 heterocycles. The fraction of sp³-hybridized carbons (Fsp3) is 0.238. The van der Waals surface area contributed by atoms with Crippen LogP contribution in [0.4, 0.5) is 0 Å². The van der Waals surface area contributed by atoms with Gasteiger partial charge in [-0.2, -0.15) is 0 Å². The minimum Gasteiger partial charge on any atom is -0.492 e. The molecule has 4 nitrogen and oxygen atoms in total. The molecule has 0 saturated heterocycles. The maximum Gasteiger partial charge on any atom is 0.240 e. The summed E-state index contributed by atoms with van der Waals surface area (Å²) < 4.78 is 33.4. The lowest BCUT2D eigenvalue weighted by Gasteiger charge is -2.14. The van der Waals surface area contributed by atoms with Crippen LogP contribution in [0.25, 0.3) is 10.8 Å². The van der Waals surface area contributed by atoms with Crippen LogP contribution in [0.5, 0.6) is 5.75 Å². The molecule has 0 unspecified atom stereocenters. The van der Waals surface area contributed by atoms with E-state index < -0.39 is 10.0 Å². The molecular weight excluding hydrogens is 346 g/mol. The third-order valence-corrected chi connectivity index (χ3v) is 5.68. The Hall–Kier alpha value is -2.37. The average molecular weight is 369 g/mol. The topological polar surface area (TPSA) is 55.4 Å². The van der Waals surface area contributed by atoms with E-state index in [0.29, 0.717) is 5.92 Å². The van der Waals surface area contributed by atoms with Gasteiger partial charge >= 0.3 is 0 Å². The highest BCUT2D eigenvalue weighted by Crippen LogP contribution is 2.25. The molecule has 0 amide bonds. The van der Waals surface area contributed by atoms with E-state index in [2.05, 4.69) is 18.6 Å². The minimum absolute atomic E-state index is 0.210. The third kappa shape index (κ3) is 4.23. The number of benzene rings is 3. The van der Waals surface area contributed by atoms with E-state index in [4.69, 9.17) is 4.74 Å². The molecular formula is C21H23NO3S. The maximum atomic E-state index is 12.5. The first-order valence-electron chi connectivity index (χ1n) is 8.67. The first-order chi connectivity index (χ1) is 12.5. The highest BCUT2D eigenvalue weighted by atomic mass is 32.2. The number of rotatable bonds is 7. The van der Waals surface area contributed by atoms with Crippen molar-refractivity contribution in [3.05, 3.63) is 72.3 Å². The van der Waals surface area contributed by atoms with E-state index in [1.54, 1.807) is 12.1 Å². The maximum absolute atomic E-state index is 12.5. The second kappa shape index (κ2) is 7.89. The molecule has 26 heavy (non-hydrogen) atoms. The standard InChI is InChI=1S/C21H23NO3S/c1-16(2)20-9-5-6-10-21(20)25-14-13-22-26(23,24)19-12-11-17-7-3-4-8-18(17)15-19/h3-12,15-16,22H,13-14H2,1-2H3. The van der Waals surface area contributed by atoms with Gasteiger partial charge in [0.1, 0.15) is 12.4 Å². The van der Waals surface area contributed by atoms with Crippen molar-refractivity contribution in [2.75, 3.05) is 13.2 Å². The van der Waals surface area contributed by atoms with Crippen molar-refractivity contribution in [1.29, 1.82) is 0 Å². The number of hydrogen-bond donors (Lipinski definition) is 1. The van der Waals surface area contributed by atoms with E-state index in [0.717, 1.165) is 22.1 Å². The smallest absolute Gasteiger partial charge is 0.240 e. The van der Waals surface area contributed by atoms with Gasteiger partial charge in [-0.1, -0.05) is 62.4 Å². The van der Waals surface area contributed by atoms with Crippen LogP contribution in [0.15, 0.2) is 71.6 Å². The SMILES string of the molecule is CC(C)c1ccccc1OCCNS(=O)(=O)c1ccc2ccccc2c1. The summed E-state index contributed by atoms with van der Waals surface area (Å²) in [7, 11) is -3.56. The molecule has 0 atom stereocenters. The van der Waals surface area contributed by atoms with E-state index in [1.165, 1.54) is 0 Å². The monoisotopic (exact) mass is 369 g/mol. The molecule has 3 aromatic carbocycles. The minimum atomic E-state index is -3.56. The largest absolute Gasteiger partial charge is 0.492 e. The van der Waals surface area contributed by atoms with Crippen LogP contribution < -0.4 is 9.46 Å². The average Bonchev–Trinajstić information content (AvgIpc) is 2.65. The van der Waals surface area contributed by atoms with Gasteiger partial charge in [0.2, 0.25) is 10.0 Å². The molecule has 3 rings (SSSR count). The molecule has 0 spiro atoms. The Balaban J connectivity index is 1.63. The molecule has 136 valence electrons. The summed E-state index contributed by atoms with van der Waals surface area (Å²) in [6.45, 7) is 4.69. The summed E-state index contributed by atoms with van der Waals surface area (Å²) in [6.07, 6.45) is 0. The number of fused-ring (bicyclic) bond motifs is 1. The van der Waals surface area contributed by atoms with Crippen LogP contribution in [0.2, 0.25) is 0 Å². The summed E-state index contributed by atoms with van der Waals surface area (Å²) in [4.78, 5) is 0.263. The summed E-state index contributed by atoms with van der Waals surface area (Å²) in [5, 5.41) is 1.91. The summed E-state index contributed by atoms with van der Waals surface area (Å²) in [6, 6.07) is 20.6. The fourth-order valence-electron chi connectivity index (χ4n) is 2.84. The van der Waals surface area contributed by atoms with Crippen molar-refractivity contribution in [2.24, 2.45) is 0 Å². The van der Waals surface area contributed by atoms with Crippen molar-refractivity contribution in [3.8, 4) is 5.75 Å². The Bertz CT molecular complexity index is 997. The molecule has 3 aromatic rings. The number of para-hydroxylation sites is 1. The summed E-state index contributed by atoms with van der Waals surface area (Å²) >= 11 is 0. The summed E-state index contributed by atoms with van der Waals surface area (Å²) in [5.41, 5.74) is 1.12. The van der Waals surface area contributed by atoms with E-state index >= 15 is 0 Å². The highest BCUT2D eigenvalue weighted by molar-refractivity contribution is 7.89. The van der Waals surface area contributed by atoms with Gasteiger partial charge in [-0.05, 0) is 40.5 Å². The molecule has 0 fully saturated rings. The first-order valence-corrected chi connectivity index (χ1v) is 10.2. The Morgan fingerprint density at radius 1 is 0.923 bits per heavy atom. The molecule has 0 aromatic heterocycles. The molecule has 0 saturated carbocycles. The Morgan fingerprint density at radius 2 is 1.62 bits per heavy atom. The Labute approximate surface area is 154 Å².